The van der Waals surface area contributed by atoms with Crippen molar-refractivity contribution in [1.29, 1.82) is 0 Å². The van der Waals surface area contributed by atoms with E-state index in [2.05, 4.69) is 6.07 Å². The van der Waals surface area contributed by atoms with Gasteiger partial charge in [-0.2, -0.15) is 4.31 Å². The van der Waals surface area contributed by atoms with E-state index in [-0.39, 0.29) is 0 Å². The number of rotatable bonds is 1. The predicted octanol–water partition coefficient (Wildman–Crippen LogP) is 1.01. The van der Waals surface area contributed by atoms with E-state index in [0.717, 1.165) is 5.56 Å². The summed E-state index contributed by atoms with van der Waals surface area (Å²) in [5, 5.41) is 0. The molecule has 0 fully saturated rings. The molecule has 1 aliphatic rings. The second kappa shape index (κ2) is 2.82. The first-order valence-electron chi connectivity index (χ1n) is 4.15. The summed E-state index contributed by atoms with van der Waals surface area (Å²) in [5.74, 6) is 0. The molecule has 0 aliphatic carbocycles. The predicted molar refractivity (Wildman–Crippen MR) is 48.5 cm³/mol. The van der Waals surface area contributed by atoms with Crippen molar-refractivity contribution in [2.45, 2.75) is 18.4 Å². The van der Waals surface area contributed by atoms with Crippen molar-refractivity contribution >= 4 is 10.0 Å². The van der Waals surface area contributed by atoms with Gasteiger partial charge in [0.25, 0.3) is 0 Å². The van der Waals surface area contributed by atoms with Crippen LogP contribution in [0.2, 0.25) is 0 Å². The molecule has 13 heavy (non-hydrogen) atoms. The Kier molecular flexibility index (Phi) is 1.89. The van der Waals surface area contributed by atoms with Crippen LogP contribution >= 0.6 is 0 Å². The summed E-state index contributed by atoms with van der Waals surface area (Å²) in [4.78, 5) is 0.414. The Hall–Kier alpha value is -0.870. The fourth-order valence-corrected chi connectivity index (χ4v) is 3.12. The maximum Gasteiger partial charge on any atom is 0.243 e. The second-order valence-corrected chi connectivity index (χ2v) is 4.87. The van der Waals surface area contributed by atoms with Crippen molar-refractivity contribution in [3.05, 3.63) is 29.8 Å². The maximum atomic E-state index is 11.7. The highest BCUT2D eigenvalue weighted by atomic mass is 32.2. The third kappa shape index (κ3) is 1.17. The van der Waals surface area contributed by atoms with Crippen molar-refractivity contribution < 1.29 is 8.42 Å². The van der Waals surface area contributed by atoms with Crippen LogP contribution in [0.3, 0.4) is 0 Å². The molecule has 4 heteroatoms. The van der Waals surface area contributed by atoms with Crippen LogP contribution in [0, 0.1) is 6.07 Å². The monoisotopic (exact) mass is 196 g/mol. The smallest absolute Gasteiger partial charge is 0.207 e. The van der Waals surface area contributed by atoms with Gasteiger partial charge >= 0.3 is 0 Å². The molecule has 1 heterocycles. The molecule has 0 amide bonds. The Morgan fingerprint density at radius 2 is 2.38 bits per heavy atom. The van der Waals surface area contributed by atoms with Gasteiger partial charge in [-0.1, -0.05) is 19.1 Å². The number of fused-ring (bicyclic) bond motifs is 1. The lowest BCUT2D eigenvalue weighted by Crippen LogP contribution is -2.23. The molecule has 1 aromatic carbocycles. The molecule has 0 unspecified atom stereocenters. The molecular formula is C9H10NO2S. The van der Waals surface area contributed by atoms with Gasteiger partial charge in [0.1, 0.15) is 0 Å². The molecule has 1 aromatic rings. The molecular weight excluding hydrogens is 186 g/mol. The molecule has 3 nitrogen and oxygen atoms in total. The van der Waals surface area contributed by atoms with Crippen molar-refractivity contribution in [2.24, 2.45) is 0 Å². The van der Waals surface area contributed by atoms with Crippen LogP contribution in [-0.4, -0.2) is 19.3 Å². The van der Waals surface area contributed by atoms with Crippen LogP contribution in [0.1, 0.15) is 12.5 Å². The lowest BCUT2D eigenvalue weighted by molar-refractivity contribution is 0.443. The lowest BCUT2D eigenvalue weighted by atomic mass is 10.2. The summed E-state index contributed by atoms with van der Waals surface area (Å²) < 4.78 is 24.9. The highest BCUT2D eigenvalue weighted by molar-refractivity contribution is 7.89. The molecule has 0 aromatic heterocycles. The van der Waals surface area contributed by atoms with Crippen molar-refractivity contribution in [2.75, 3.05) is 6.54 Å². The first-order valence-corrected chi connectivity index (χ1v) is 5.59. The summed E-state index contributed by atoms with van der Waals surface area (Å²) in [7, 11) is -3.19. The SMILES string of the molecule is CCN1Cc2cc[c]cc2S1(=O)=O. The van der Waals surface area contributed by atoms with Gasteiger partial charge in [-0.3, -0.25) is 0 Å². The van der Waals surface area contributed by atoms with Crippen LogP contribution in [0.5, 0.6) is 0 Å². The average Bonchev–Trinajstić information content (AvgIpc) is 2.39. The van der Waals surface area contributed by atoms with Gasteiger partial charge in [-0.15, -0.1) is 0 Å². The summed E-state index contributed by atoms with van der Waals surface area (Å²) in [6.45, 7) is 2.87. The molecule has 0 bridgehead atoms. The van der Waals surface area contributed by atoms with Crippen LogP contribution < -0.4 is 0 Å². The summed E-state index contributed by atoms with van der Waals surface area (Å²) in [5.41, 5.74) is 0.876. The van der Waals surface area contributed by atoms with Gasteiger partial charge in [-0.25, -0.2) is 8.42 Å². The van der Waals surface area contributed by atoms with Crippen LogP contribution in [0.4, 0.5) is 0 Å². The zero-order valence-electron chi connectivity index (χ0n) is 7.32. The topological polar surface area (TPSA) is 37.4 Å². The largest absolute Gasteiger partial charge is 0.243 e. The van der Waals surface area contributed by atoms with E-state index < -0.39 is 10.0 Å². The van der Waals surface area contributed by atoms with Gasteiger partial charge in [0.05, 0.1) is 4.90 Å². The van der Waals surface area contributed by atoms with E-state index in [9.17, 15) is 8.42 Å². The molecule has 0 atom stereocenters. The normalized spacial score (nSPS) is 20.1. The van der Waals surface area contributed by atoms with Gasteiger partial charge in [0, 0.05) is 13.1 Å². The van der Waals surface area contributed by atoms with Crippen LogP contribution in [0.15, 0.2) is 23.1 Å². The van der Waals surface area contributed by atoms with Crippen molar-refractivity contribution in [1.82, 2.24) is 4.31 Å². The highest BCUT2D eigenvalue weighted by Crippen LogP contribution is 2.28. The molecule has 0 N–H and O–H groups in total. The Labute approximate surface area is 78.0 Å². The average molecular weight is 196 g/mol. The summed E-state index contributed by atoms with van der Waals surface area (Å²) >= 11 is 0. The van der Waals surface area contributed by atoms with Crippen molar-refractivity contribution in [3.8, 4) is 0 Å². The zero-order valence-corrected chi connectivity index (χ0v) is 8.13. The van der Waals surface area contributed by atoms with Crippen molar-refractivity contribution in [3.63, 3.8) is 0 Å². The molecule has 1 aliphatic heterocycles. The third-order valence-electron chi connectivity index (χ3n) is 2.23. The molecule has 2 rings (SSSR count). The van der Waals surface area contributed by atoms with Gasteiger partial charge in [0.2, 0.25) is 10.0 Å². The molecule has 0 saturated carbocycles. The Morgan fingerprint density at radius 1 is 1.62 bits per heavy atom. The van der Waals surface area contributed by atoms with E-state index in [0.29, 0.717) is 18.0 Å². The zero-order chi connectivity index (χ0) is 9.47. The van der Waals surface area contributed by atoms with E-state index in [1.165, 1.54) is 4.31 Å². The fourth-order valence-electron chi connectivity index (χ4n) is 1.51. The number of benzene rings is 1. The summed E-state index contributed by atoms with van der Waals surface area (Å²) in [6.07, 6.45) is 0. The summed E-state index contributed by atoms with van der Waals surface area (Å²) in [6, 6.07) is 7.88. The molecule has 0 spiro atoms. The molecule has 1 radical (unpaired) electrons. The third-order valence-corrected chi connectivity index (χ3v) is 4.23. The molecule has 69 valence electrons. The minimum atomic E-state index is -3.19. The Balaban J connectivity index is 2.60. The minimum absolute atomic E-state index is 0.414. The van der Waals surface area contributed by atoms with E-state index in [4.69, 9.17) is 0 Å². The van der Waals surface area contributed by atoms with Crippen LogP contribution in [0.25, 0.3) is 0 Å². The van der Waals surface area contributed by atoms with Gasteiger partial charge in [-0.05, 0) is 17.7 Å². The Bertz CT molecular complexity index is 425. The highest BCUT2D eigenvalue weighted by Gasteiger charge is 2.32. The van der Waals surface area contributed by atoms with E-state index >= 15 is 0 Å². The first-order chi connectivity index (χ1) is 6.16. The Morgan fingerprint density at radius 3 is 3.00 bits per heavy atom. The lowest BCUT2D eigenvalue weighted by Gasteiger charge is -2.09. The second-order valence-electron chi connectivity index (χ2n) is 2.97. The molecule has 0 saturated heterocycles. The van der Waals surface area contributed by atoms with Gasteiger partial charge < -0.3 is 0 Å². The standard InChI is InChI=1S/C9H10NO2S/c1-2-10-7-8-5-3-4-6-9(8)13(10,11)12/h3,5-6H,2,7H2,1H3. The van der Waals surface area contributed by atoms with E-state index in [1.807, 2.05) is 13.0 Å². The number of hydrogen-bond donors (Lipinski definition) is 0. The number of hydrogen-bond acceptors (Lipinski definition) is 2. The van der Waals surface area contributed by atoms with E-state index in [1.54, 1.807) is 12.1 Å². The minimum Gasteiger partial charge on any atom is -0.207 e. The number of sulfonamides is 1. The fraction of sp³-hybridized carbons (Fsp3) is 0.333. The number of nitrogens with zero attached hydrogens (tertiary/aromatic N) is 1. The first kappa shape index (κ1) is 8.72. The maximum absolute atomic E-state index is 11.7. The quantitative estimate of drug-likeness (QED) is 0.672. The van der Waals surface area contributed by atoms with Crippen LogP contribution in [-0.2, 0) is 16.6 Å². The van der Waals surface area contributed by atoms with Gasteiger partial charge in [0.15, 0.2) is 0 Å².